The van der Waals surface area contributed by atoms with Gasteiger partial charge in [-0.05, 0) is 42.5 Å². The fourth-order valence-electron chi connectivity index (χ4n) is 2.30. The number of hydrogen-bond acceptors (Lipinski definition) is 3. The highest BCUT2D eigenvalue weighted by Gasteiger charge is 2.20. The summed E-state index contributed by atoms with van der Waals surface area (Å²) in [4.78, 5) is 23.1. The highest BCUT2D eigenvalue weighted by atomic mass is 16.5. The molecule has 1 aliphatic carbocycles. The highest BCUT2D eigenvalue weighted by molar-refractivity contribution is 6.21. The Morgan fingerprint density at radius 2 is 2.00 bits per heavy atom. The Labute approximate surface area is 124 Å². The van der Waals surface area contributed by atoms with Crippen molar-refractivity contribution in [1.82, 2.24) is 5.32 Å². The maximum Gasteiger partial charge on any atom is 0.330 e. The number of carbonyl (C=O) groups excluding carboxylic acids is 2. The number of rotatable bonds is 4. The summed E-state index contributed by atoms with van der Waals surface area (Å²) >= 11 is 0. The van der Waals surface area contributed by atoms with E-state index < -0.39 is 5.97 Å². The Bertz CT molecular complexity index is 642. The number of fused-ring (bicyclic) bond motifs is 1. The fraction of sp³-hybridized carbons (Fsp3) is 0.294. The van der Waals surface area contributed by atoms with E-state index in [4.69, 9.17) is 0 Å². The van der Waals surface area contributed by atoms with Crippen LogP contribution >= 0.6 is 0 Å². The molecule has 21 heavy (non-hydrogen) atoms. The molecule has 0 fully saturated rings. The van der Waals surface area contributed by atoms with Crippen LogP contribution in [0.2, 0.25) is 0 Å². The number of methoxy groups -OCH3 is 1. The number of carbonyl (C=O) groups is 2. The van der Waals surface area contributed by atoms with Crippen molar-refractivity contribution in [2.45, 2.75) is 20.3 Å². The SMILES string of the molecule is COC(=O)/C=C/CNC(=O)C1=CCc2cc(C)c(C)cc21. The maximum absolute atomic E-state index is 12.2. The first-order valence-electron chi connectivity index (χ1n) is 6.86. The second-order valence-corrected chi connectivity index (χ2v) is 5.05. The van der Waals surface area contributed by atoms with Crippen molar-refractivity contribution in [2.24, 2.45) is 0 Å². The summed E-state index contributed by atoms with van der Waals surface area (Å²) in [6.07, 6.45) is 5.60. The molecule has 0 aliphatic heterocycles. The van der Waals surface area contributed by atoms with E-state index in [-0.39, 0.29) is 5.91 Å². The van der Waals surface area contributed by atoms with Gasteiger partial charge in [0.05, 0.1) is 7.11 Å². The van der Waals surface area contributed by atoms with E-state index in [0.717, 1.165) is 12.0 Å². The van der Waals surface area contributed by atoms with Gasteiger partial charge in [-0.1, -0.05) is 24.3 Å². The van der Waals surface area contributed by atoms with Crippen LogP contribution < -0.4 is 5.32 Å². The second-order valence-electron chi connectivity index (χ2n) is 5.05. The van der Waals surface area contributed by atoms with Crippen molar-refractivity contribution in [3.63, 3.8) is 0 Å². The summed E-state index contributed by atoms with van der Waals surface area (Å²) in [6, 6.07) is 4.20. The van der Waals surface area contributed by atoms with Gasteiger partial charge in [-0.15, -0.1) is 0 Å². The number of hydrogen-bond donors (Lipinski definition) is 1. The van der Waals surface area contributed by atoms with Crippen LogP contribution in [0.5, 0.6) is 0 Å². The lowest BCUT2D eigenvalue weighted by atomic mass is 9.98. The van der Waals surface area contributed by atoms with Crippen molar-refractivity contribution < 1.29 is 14.3 Å². The average molecular weight is 285 g/mol. The smallest absolute Gasteiger partial charge is 0.330 e. The van der Waals surface area contributed by atoms with Gasteiger partial charge >= 0.3 is 5.97 Å². The first-order valence-corrected chi connectivity index (χ1v) is 6.86. The quantitative estimate of drug-likeness (QED) is 0.681. The molecule has 0 spiro atoms. The molecular weight excluding hydrogens is 266 g/mol. The Morgan fingerprint density at radius 1 is 1.29 bits per heavy atom. The Morgan fingerprint density at radius 3 is 2.71 bits per heavy atom. The molecule has 0 unspecified atom stereocenters. The summed E-state index contributed by atoms with van der Waals surface area (Å²) in [5.41, 5.74) is 5.32. The zero-order valence-corrected chi connectivity index (χ0v) is 12.5. The Hall–Kier alpha value is -2.36. The van der Waals surface area contributed by atoms with Gasteiger partial charge in [0.1, 0.15) is 0 Å². The molecule has 0 heterocycles. The van der Waals surface area contributed by atoms with Crippen molar-refractivity contribution in [2.75, 3.05) is 13.7 Å². The van der Waals surface area contributed by atoms with Crippen LogP contribution in [0.25, 0.3) is 5.57 Å². The molecule has 0 saturated carbocycles. The van der Waals surface area contributed by atoms with Crippen LogP contribution in [0.3, 0.4) is 0 Å². The molecule has 1 aliphatic rings. The van der Waals surface area contributed by atoms with Gasteiger partial charge in [0, 0.05) is 18.2 Å². The largest absolute Gasteiger partial charge is 0.466 e. The standard InChI is InChI=1S/C17H19NO3/c1-11-9-13-6-7-14(15(13)10-12(11)2)17(20)18-8-4-5-16(19)21-3/h4-5,7,9-10H,6,8H2,1-3H3,(H,18,20)/b5-4+. The zero-order chi connectivity index (χ0) is 15.4. The summed E-state index contributed by atoms with van der Waals surface area (Å²) in [5, 5.41) is 2.78. The fourth-order valence-corrected chi connectivity index (χ4v) is 2.30. The van der Waals surface area contributed by atoms with Crippen molar-refractivity contribution >= 4 is 17.4 Å². The molecule has 0 saturated heterocycles. The molecule has 4 nitrogen and oxygen atoms in total. The number of nitrogens with one attached hydrogen (secondary N) is 1. The predicted octanol–water partition coefficient (Wildman–Crippen LogP) is 2.09. The minimum absolute atomic E-state index is 0.119. The molecule has 2 rings (SSSR count). The summed E-state index contributed by atoms with van der Waals surface area (Å²) in [7, 11) is 1.32. The van der Waals surface area contributed by atoms with Crippen molar-refractivity contribution in [1.29, 1.82) is 0 Å². The van der Waals surface area contributed by atoms with E-state index >= 15 is 0 Å². The predicted molar refractivity (Wildman–Crippen MR) is 81.8 cm³/mol. The van der Waals surface area contributed by atoms with E-state index in [1.807, 2.05) is 13.0 Å². The van der Waals surface area contributed by atoms with E-state index in [2.05, 4.69) is 29.1 Å². The minimum atomic E-state index is -0.430. The summed E-state index contributed by atoms with van der Waals surface area (Å²) in [5.74, 6) is -0.549. The van der Waals surface area contributed by atoms with Gasteiger partial charge in [0.15, 0.2) is 0 Å². The minimum Gasteiger partial charge on any atom is -0.466 e. The van der Waals surface area contributed by atoms with Gasteiger partial charge < -0.3 is 10.1 Å². The third kappa shape index (κ3) is 3.40. The highest BCUT2D eigenvalue weighted by Crippen LogP contribution is 2.29. The molecule has 0 atom stereocenters. The van der Waals surface area contributed by atoms with Crippen LogP contribution in [0.4, 0.5) is 0 Å². The van der Waals surface area contributed by atoms with Gasteiger partial charge in [0.2, 0.25) is 0 Å². The van der Waals surface area contributed by atoms with Crippen LogP contribution in [0.15, 0.2) is 30.4 Å². The zero-order valence-electron chi connectivity index (χ0n) is 12.5. The van der Waals surface area contributed by atoms with Crippen molar-refractivity contribution in [3.8, 4) is 0 Å². The normalized spacial score (nSPS) is 13.0. The lowest BCUT2D eigenvalue weighted by Gasteiger charge is -2.09. The molecule has 110 valence electrons. The number of esters is 1. The third-order valence-corrected chi connectivity index (χ3v) is 3.62. The number of aryl methyl sites for hydroxylation is 2. The lowest BCUT2D eigenvalue weighted by molar-refractivity contribution is -0.134. The lowest BCUT2D eigenvalue weighted by Crippen LogP contribution is -2.24. The Kier molecular flexibility index (Phi) is 4.58. The van der Waals surface area contributed by atoms with E-state index in [0.29, 0.717) is 12.1 Å². The number of amides is 1. The van der Waals surface area contributed by atoms with Gasteiger partial charge in [0.25, 0.3) is 5.91 Å². The average Bonchev–Trinajstić information content (AvgIpc) is 2.86. The molecule has 1 aromatic carbocycles. The molecule has 0 bridgehead atoms. The Balaban J connectivity index is 2.02. The van der Waals surface area contributed by atoms with E-state index in [9.17, 15) is 9.59 Å². The van der Waals surface area contributed by atoms with E-state index in [1.54, 1.807) is 6.08 Å². The topological polar surface area (TPSA) is 55.4 Å². The molecule has 0 aromatic heterocycles. The third-order valence-electron chi connectivity index (χ3n) is 3.62. The van der Waals surface area contributed by atoms with E-state index in [1.165, 1.54) is 29.9 Å². The molecule has 1 amide bonds. The molecular formula is C17H19NO3. The van der Waals surface area contributed by atoms with Gasteiger partial charge in [-0.2, -0.15) is 0 Å². The summed E-state index contributed by atoms with van der Waals surface area (Å²) < 4.78 is 4.48. The van der Waals surface area contributed by atoms with Crippen LogP contribution in [0, 0.1) is 13.8 Å². The van der Waals surface area contributed by atoms with Crippen molar-refractivity contribution in [3.05, 3.63) is 52.6 Å². The van der Waals surface area contributed by atoms with Crippen LogP contribution in [-0.2, 0) is 20.7 Å². The van der Waals surface area contributed by atoms with Gasteiger partial charge in [-0.25, -0.2) is 4.79 Å². The molecule has 4 heteroatoms. The van der Waals surface area contributed by atoms with Crippen LogP contribution in [-0.4, -0.2) is 25.5 Å². The second kappa shape index (κ2) is 6.39. The van der Waals surface area contributed by atoms with Crippen LogP contribution in [0.1, 0.15) is 22.3 Å². The number of ether oxygens (including phenoxy) is 1. The monoisotopic (exact) mass is 285 g/mol. The molecule has 0 radical (unpaired) electrons. The summed E-state index contributed by atoms with van der Waals surface area (Å²) in [6.45, 7) is 4.42. The van der Waals surface area contributed by atoms with Gasteiger partial charge in [-0.3, -0.25) is 4.79 Å². The molecule has 1 N–H and O–H groups in total. The number of allylic oxidation sites excluding steroid dienone is 1. The molecule has 1 aromatic rings. The first kappa shape index (κ1) is 15.0. The maximum atomic E-state index is 12.2. The number of benzene rings is 1. The first-order chi connectivity index (χ1) is 10.0.